The Balaban J connectivity index is 3.10. The van der Waals surface area contributed by atoms with E-state index >= 15 is 0 Å². The van der Waals surface area contributed by atoms with Crippen molar-refractivity contribution in [1.82, 2.24) is 9.88 Å². The summed E-state index contributed by atoms with van der Waals surface area (Å²) < 4.78 is 5.30. The SMILES string of the molecule is Cc1nc(N(C)C)cc(OC(=O)N(C)C)c1C. The summed E-state index contributed by atoms with van der Waals surface area (Å²) in [5.41, 5.74) is 1.74. The van der Waals surface area contributed by atoms with Gasteiger partial charge in [-0.15, -0.1) is 0 Å². The van der Waals surface area contributed by atoms with Crippen LogP contribution in [0.5, 0.6) is 5.75 Å². The van der Waals surface area contributed by atoms with Gasteiger partial charge in [-0.25, -0.2) is 9.78 Å². The Hall–Kier alpha value is -1.78. The van der Waals surface area contributed by atoms with Crippen LogP contribution >= 0.6 is 0 Å². The quantitative estimate of drug-likeness (QED) is 0.787. The molecule has 5 heteroatoms. The number of rotatable bonds is 2. The Morgan fingerprint density at radius 2 is 1.82 bits per heavy atom. The topological polar surface area (TPSA) is 45.7 Å². The summed E-state index contributed by atoms with van der Waals surface area (Å²) in [5.74, 6) is 1.33. The lowest BCUT2D eigenvalue weighted by atomic mass is 10.2. The highest BCUT2D eigenvalue weighted by molar-refractivity contribution is 5.71. The molecule has 5 nitrogen and oxygen atoms in total. The van der Waals surface area contributed by atoms with Crippen molar-refractivity contribution in [3.63, 3.8) is 0 Å². The zero-order valence-electron chi connectivity index (χ0n) is 11.2. The average molecular weight is 237 g/mol. The molecule has 94 valence electrons. The van der Waals surface area contributed by atoms with E-state index in [1.165, 1.54) is 4.90 Å². The molecule has 17 heavy (non-hydrogen) atoms. The molecule has 0 aliphatic rings. The normalized spacial score (nSPS) is 10.0. The number of carbonyl (C=O) groups is 1. The van der Waals surface area contributed by atoms with Gasteiger partial charge in [-0.1, -0.05) is 0 Å². The van der Waals surface area contributed by atoms with Crippen molar-refractivity contribution in [3.05, 3.63) is 17.3 Å². The summed E-state index contributed by atoms with van der Waals surface area (Å²) >= 11 is 0. The van der Waals surface area contributed by atoms with E-state index in [-0.39, 0.29) is 6.09 Å². The van der Waals surface area contributed by atoms with Crippen LogP contribution in [-0.2, 0) is 0 Å². The van der Waals surface area contributed by atoms with Gasteiger partial charge in [0.2, 0.25) is 0 Å². The predicted molar refractivity (Wildman–Crippen MR) is 67.7 cm³/mol. The molecule has 0 fully saturated rings. The number of aromatic nitrogens is 1. The molecule has 0 N–H and O–H groups in total. The van der Waals surface area contributed by atoms with Gasteiger partial charge in [0.15, 0.2) is 0 Å². The van der Waals surface area contributed by atoms with E-state index in [1.807, 2.05) is 32.8 Å². The van der Waals surface area contributed by atoms with Gasteiger partial charge in [0.25, 0.3) is 0 Å². The van der Waals surface area contributed by atoms with Crippen molar-refractivity contribution in [2.75, 3.05) is 33.1 Å². The Kier molecular flexibility index (Phi) is 3.93. The van der Waals surface area contributed by atoms with Crippen molar-refractivity contribution in [2.24, 2.45) is 0 Å². The zero-order chi connectivity index (χ0) is 13.2. The molecular formula is C12H19N3O2. The van der Waals surface area contributed by atoms with Crippen LogP contribution in [0.3, 0.4) is 0 Å². The monoisotopic (exact) mass is 237 g/mol. The lowest BCUT2D eigenvalue weighted by molar-refractivity contribution is 0.171. The van der Waals surface area contributed by atoms with Crippen LogP contribution in [0.25, 0.3) is 0 Å². The highest BCUT2D eigenvalue weighted by atomic mass is 16.6. The molecule has 0 aliphatic carbocycles. The second-order valence-electron chi connectivity index (χ2n) is 4.35. The molecule has 0 atom stereocenters. The van der Waals surface area contributed by atoms with Gasteiger partial charge < -0.3 is 14.5 Å². The molecular weight excluding hydrogens is 218 g/mol. The third-order valence-corrected chi connectivity index (χ3v) is 2.48. The minimum Gasteiger partial charge on any atom is -0.410 e. The summed E-state index contributed by atoms with van der Waals surface area (Å²) in [6, 6.07) is 1.77. The fourth-order valence-electron chi connectivity index (χ4n) is 1.21. The molecule has 0 spiro atoms. The molecule has 1 rings (SSSR count). The van der Waals surface area contributed by atoms with E-state index in [0.29, 0.717) is 5.75 Å². The summed E-state index contributed by atoms with van der Waals surface area (Å²) in [6.45, 7) is 3.79. The molecule has 0 bridgehead atoms. The lowest BCUT2D eigenvalue weighted by Crippen LogP contribution is -2.26. The zero-order valence-corrected chi connectivity index (χ0v) is 11.2. The Morgan fingerprint density at radius 3 is 2.29 bits per heavy atom. The minimum absolute atomic E-state index is 0.386. The number of amides is 1. The van der Waals surface area contributed by atoms with Gasteiger partial charge in [-0.2, -0.15) is 0 Å². The number of aryl methyl sites for hydroxylation is 1. The molecule has 1 aromatic heterocycles. The smallest absolute Gasteiger partial charge is 0.410 e. The molecule has 0 saturated heterocycles. The Bertz CT molecular complexity index is 428. The van der Waals surface area contributed by atoms with Gasteiger partial charge in [-0.3, -0.25) is 0 Å². The molecule has 1 aromatic rings. The second kappa shape index (κ2) is 5.03. The first kappa shape index (κ1) is 13.3. The third-order valence-electron chi connectivity index (χ3n) is 2.48. The number of hydrogen-bond donors (Lipinski definition) is 0. The van der Waals surface area contributed by atoms with Crippen molar-refractivity contribution in [2.45, 2.75) is 13.8 Å². The number of pyridine rings is 1. The van der Waals surface area contributed by atoms with Gasteiger partial charge in [0, 0.05) is 45.5 Å². The van der Waals surface area contributed by atoms with Gasteiger partial charge in [0.1, 0.15) is 11.6 Å². The van der Waals surface area contributed by atoms with Crippen LogP contribution in [0, 0.1) is 13.8 Å². The van der Waals surface area contributed by atoms with Crippen molar-refractivity contribution in [3.8, 4) is 5.75 Å². The second-order valence-corrected chi connectivity index (χ2v) is 4.35. The van der Waals surface area contributed by atoms with Gasteiger partial charge in [-0.05, 0) is 13.8 Å². The first-order chi connectivity index (χ1) is 7.82. The van der Waals surface area contributed by atoms with Crippen molar-refractivity contribution >= 4 is 11.9 Å². The first-order valence-electron chi connectivity index (χ1n) is 5.37. The van der Waals surface area contributed by atoms with Crippen LogP contribution in [0.15, 0.2) is 6.07 Å². The standard InChI is InChI=1S/C12H19N3O2/c1-8-9(2)13-11(14(3)4)7-10(8)17-12(16)15(5)6/h7H,1-6H3. The highest BCUT2D eigenvalue weighted by Gasteiger charge is 2.13. The van der Waals surface area contributed by atoms with E-state index in [1.54, 1.807) is 20.2 Å². The number of carbonyl (C=O) groups excluding carboxylic acids is 1. The maximum atomic E-state index is 11.5. The van der Waals surface area contributed by atoms with Crippen LogP contribution < -0.4 is 9.64 Å². The molecule has 0 saturated carbocycles. The number of nitrogens with zero attached hydrogens (tertiary/aromatic N) is 3. The Morgan fingerprint density at radius 1 is 1.24 bits per heavy atom. The minimum atomic E-state index is -0.386. The average Bonchev–Trinajstić information content (AvgIpc) is 2.23. The summed E-state index contributed by atoms with van der Waals surface area (Å²) in [4.78, 5) is 19.2. The van der Waals surface area contributed by atoms with Crippen LogP contribution in [0.1, 0.15) is 11.3 Å². The van der Waals surface area contributed by atoms with Gasteiger partial charge in [0.05, 0.1) is 0 Å². The predicted octanol–water partition coefficient (Wildman–Crippen LogP) is 1.82. The molecule has 0 aliphatic heterocycles. The van der Waals surface area contributed by atoms with Gasteiger partial charge >= 0.3 is 6.09 Å². The lowest BCUT2D eigenvalue weighted by Gasteiger charge is -2.17. The number of ether oxygens (including phenoxy) is 1. The highest BCUT2D eigenvalue weighted by Crippen LogP contribution is 2.25. The molecule has 0 aromatic carbocycles. The van der Waals surface area contributed by atoms with Crippen LogP contribution in [0.4, 0.5) is 10.6 Å². The Labute approximate surface area is 102 Å². The number of anilines is 1. The van der Waals surface area contributed by atoms with E-state index in [2.05, 4.69) is 4.98 Å². The molecule has 0 unspecified atom stereocenters. The fraction of sp³-hybridized carbons (Fsp3) is 0.500. The third kappa shape index (κ3) is 3.09. The summed E-state index contributed by atoms with van der Waals surface area (Å²) in [6.07, 6.45) is -0.386. The van der Waals surface area contributed by atoms with E-state index in [0.717, 1.165) is 17.1 Å². The molecule has 1 amide bonds. The largest absolute Gasteiger partial charge is 0.414 e. The van der Waals surface area contributed by atoms with E-state index in [9.17, 15) is 4.79 Å². The number of hydrogen-bond acceptors (Lipinski definition) is 4. The van der Waals surface area contributed by atoms with E-state index in [4.69, 9.17) is 4.74 Å². The maximum absolute atomic E-state index is 11.5. The summed E-state index contributed by atoms with van der Waals surface area (Å²) in [7, 11) is 7.10. The van der Waals surface area contributed by atoms with Crippen molar-refractivity contribution in [1.29, 1.82) is 0 Å². The summed E-state index contributed by atoms with van der Waals surface area (Å²) in [5, 5.41) is 0. The van der Waals surface area contributed by atoms with E-state index < -0.39 is 0 Å². The van der Waals surface area contributed by atoms with Crippen LogP contribution in [0.2, 0.25) is 0 Å². The van der Waals surface area contributed by atoms with Crippen LogP contribution in [-0.4, -0.2) is 44.2 Å². The fourth-order valence-corrected chi connectivity index (χ4v) is 1.21. The molecule has 1 heterocycles. The molecule has 0 radical (unpaired) electrons. The van der Waals surface area contributed by atoms with Crippen molar-refractivity contribution < 1.29 is 9.53 Å². The first-order valence-corrected chi connectivity index (χ1v) is 5.37. The maximum Gasteiger partial charge on any atom is 0.414 e.